The zero-order valence-corrected chi connectivity index (χ0v) is 10.4. The second-order valence-corrected chi connectivity index (χ2v) is 4.42. The lowest BCUT2D eigenvalue weighted by molar-refractivity contribution is -0.122. The monoisotopic (exact) mass is 248 g/mol. The molecule has 0 aliphatic carbocycles. The van der Waals surface area contributed by atoms with Crippen molar-refractivity contribution in [2.45, 2.75) is 19.9 Å². The van der Waals surface area contributed by atoms with Crippen molar-refractivity contribution in [1.82, 2.24) is 5.32 Å². The Morgan fingerprint density at radius 2 is 2.22 bits per heavy atom. The summed E-state index contributed by atoms with van der Waals surface area (Å²) in [6.45, 7) is 4.49. The number of hydrogen-bond acceptors (Lipinski definition) is 4. The van der Waals surface area contributed by atoms with Crippen molar-refractivity contribution in [3.05, 3.63) is 23.8 Å². The van der Waals surface area contributed by atoms with Gasteiger partial charge in [-0.25, -0.2) is 0 Å². The Kier molecular flexibility index (Phi) is 3.23. The zero-order valence-electron chi connectivity index (χ0n) is 10.4. The molecule has 1 aromatic carbocycles. The summed E-state index contributed by atoms with van der Waals surface area (Å²) < 4.78 is 0. The van der Waals surface area contributed by atoms with Crippen LogP contribution in [0.2, 0.25) is 0 Å². The maximum absolute atomic E-state index is 11.6. The number of benzene rings is 1. The average Bonchev–Trinajstić information content (AvgIpc) is 2.32. The fourth-order valence-corrected chi connectivity index (χ4v) is 2.13. The van der Waals surface area contributed by atoms with Crippen molar-refractivity contribution < 1.29 is 14.7 Å². The Morgan fingerprint density at radius 3 is 2.83 bits per heavy atom. The van der Waals surface area contributed by atoms with Crippen molar-refractivity contribution in [1.29, 1.82) is 0 Å². The van der Waals surface area contributed by atoms with Crippen LogP contribution < -0.4 is 10.2 Å². The van der Waals surface area contributed by atoms with Crippen LogP contribution in [0.3, 0.4) is 0 Å². The topological polar surface area (TPSA) is 69.6 Å². The molecular weight excluding hydrogens is 232 g/mol. The van der Waals surface area contributed by atoms with Crippen LogP contribution in [0, 0.1) is 0 Å². The Labute approximate surface area is 105 Å². The number of nitrogens with one attached hydrogen (secondary N) is 1. The fourth-order valence-electron chi connectivity index (χ4n) is 2.13. The number of piperazine rings is 1. The van der Waals surface area contributed by atoms with Gasteiger partial charge in [-0.05, 0) is 26.0 Å². The molecule has 1 aromatic rings. The highest BCUT2D eigenvalue weighted by atomic mass is 16.3. The van der Waals surface area contributed by atoms with E-state index in [4.69, 9.17) is 0 Å². The highest BCUT2D eigenvalue weighted by Gasteiger charge is 2.26. The molecule has 5 heteroatoms. The molecule has 1 unspecified atom stereocenters. The van der Waals surface area contributed by atoms with Crippen molar-refractivity contribution in [3.8, 4) is 5.75 Å². The minimum absolute atomic E-state index is 0.0311. The van der Waals surface area contributed by atoms with Gasteiger partial charge < -0.3 is 15.3 Å². The van der Waals surface area contributed by atoms with Crippen molar-refractivity contribution in [2.24, 2.45) is 0 Å². The SMILES string of the molecule is CC(=O)c1ccc(N2CCNC(=O)C2C)cc1O. The molecule has 18 heavy (non-hydrogen) atoms. The Morgan fingerprint density at radius 1 is 1.50 bits per heavy atom. The third-order valence-corrected chi connectivity index (χ3v) is 3.19. The van der Waals surface area contributed by atoms with E-state index in [1.54, 1.807) is 12.1 Å². The molecule has 0 saturated carbocycles. The van der Waals surface area contributed by atoms with E-state index in [1.165, 1.54) is 13.0 Å². The fraction of sp³-hybridized carbons (Fsp3) is 0.385. The number of ketones is 1. The number of Topliss-reactive ketones (excluding diaryl/α,β-unsaturated/α-hetero) is 1. The largest absolute Gasteiger partial charge is 0.507 e. The Bertz CT molecular complexity index is 499. The van der Waals surface area contributed by atoms with Gasteiger partial charge in [-0.1, -0.05) is 0 Å². The van der Waals surface area contributed by atoms with Crippen LogP contribution in [0.1, 0.15) is 24.2 Å². The van der Waals surface area contributed by atoms with Crippen molar-refractivity contribution >= 4 is 17.4 Å². The van der Waals surface area contributed by atoms with Crippen LogP contribution in [0.15, 0.2) is 18.2 Å². The molecule has 1 atom stereocenters. The van der Waals surface area contributed by atoms with Gasteiger partial charge in [-0.3, -0.25) is 9.59 Å². The van der Waals surface area contributed by atoms with Gasteiger partial charge in [0.2, 0.25) is 5.91 Å². The number of phenolic OH excluding ortho intramolecular Hbond substituents is 1. The summed E-state index contributed by atoms with van der Waals surface area (Å²) in [4.78, 5) is 24.7. The van der Waals surface area contributed by atoms with E-state index < -0.39 is 0 Å². The van der Waals surface area contributed by atoms with E-state index in [9.17, 15) is 14.7 Å². The van der Waals surface area contributed by atoms with E-state index in [-0.39, 0.29) is 23.5 Å². The molecule has 1 aliphatic heterocycles. The van der Waals surface area contributed by atoms with Gasteiger partial charge in [0.25, 0.3) is 0 Å². The Hall–Kier alpha value is -2.04. The van der Waals surface area contributed by atoms with Gasteiger partial charge in [0.15, 0.2) is 5.78 Å². The minimum atomic E-state index is -0.277. The van der Waals surface area contributed by atoms with Gasteiger partial charge in [-0.15, -0.1) is 0 Å². The number of hydrogen-bond donors (Lipinski definition) is 2. The van der Waals surface area contributed by atoms with E-state index in [2.05, 4.69) is 5.32 Å². The van der Waals surface area contributed by atoms with Gasteiger partial charge >= 0.3 is 0 Å². The Balaban J connectivity index is 2.31. The molecule has 5 nitrogen and oxygen atoms in total. The summed E-state index contributed by atoms with van der Waals surface area (Å²) in [5.74, 6) is -0.252. The maximum Gasteiger partial charge on any atom is 0.242 e. The lowest BCUT2D eigenvalue weighted by Crippen LogP contribution is -2.54. The first kappa shape index (κ1) is 12.4. The molecule has 2 N–H and O–H groups in total. The lowest BCUT2D eigenvalue weighted by Gasteiger charge is -2.34. The van der Waals surface area contributed by atoms with E-state index in [0.717, 1.165) is 5.69 Å². The number of nitrogens with zero attached hydrogens (tertiary/aromatic N) is 1. The van der Waals surface area contributed by atoms with Gasteiger partial charge in [0.05, 0.1) is 5.56 Å². The quantitative estimate of drug-likeness (QED) is 0.764. The van der Waals surface area contributed by atoms with E-state index in [0.29, 0.717) is 18.7 Å². The van der Waals surface area contributed by atoms with Crippen LogP contribution >= 0.6 is 0 Å². The van der Waals surface area contributed by atoms with Crippen LogP contribution in [0.25, 0.3) is 0 Å². The number of aromatic hydroxyl groups is 1. The summed E-state index contributed by atoms with van der Waals surface area (Å²) in [5, 5.41) is 12.6. The number of anilines is 1. The molecule has 0 spiro atoms. The molecule has 1 heterocycles. The summed E-state index contributed by atoms with van der Waals surface area (Å²) in [6, 6.07) is 4.60. The van der Waals surface area contributed by atoms with Crippen LogP contribution in [-0.2, 0) is 4.79 Å². The summed E-state index contributed by atoms with van der Waals surface area (Å²) >= 11 is 0. The second kappa shape index (κ2) is 4.68. The van der Waals surface area contributed by atoms with Crippen LogP contribution in [0.4, 0.5) is 5.69 Å². The zero-order chi connectivity index (χ0) is 13.3. The van der Waals surface area contributed by atoms with Crippen LogP contribution in [-0.4, -0.2) is 35.9 Å². The lowest BCUT2D eigenvalue weighted by atomic mass is 10.1. The summed E-state index contributed by atoms with van der Waals surface area (Å²) in [6.07, 6.45) is 0. The molecule has 1 aliphatic rings. The minimum Gasteiger partial charge on any atom is -0.507 e. The second-order valence-electron chi connectivity index (χ2n) is 4.42. The van der Waals surface area contributed by atoms with Gasteiger partial charge in [0, 0.05) is 24.8 Å². The first-order valence-electron chi connectivity index (χ1n) is 5.89. The first-order valence-corrected chi connectivity index (χ1v) is 5.89. The molecule has 2 rings (SSSR count). The van der Waals surface area contributed by atoms with Gasteiger partial charge in [0.1, 0.15) is 11.8 Å². The highest BCUT2D eigenvalue weighted by Crippen LogP contribution is 2.26. The maximum atomic E-state index is 11.6. The first-order chi connectivity index (χ1) is 8.50. The summed E-state index contributed by atoms with van der Waals surface area (Å²) in [7, 11) is 0. The average molecular weight is 248 g/mol. The highest BCUT2D eigenvalue weighted by molar-refractivity contribution is 5.97. The molecule has 1 amide bonds. The van der Waals surface area contributed by atoms with E-state index in [1.807, 2.05) is 11.8 Å². The number of carbonyl (C=O) groups excluding carboxylic acids is 2. The standard InChI is InChI=1S/C13H16N2O3/c1-8-13(18)14-5-6-15(8)10-3-4-11(9(2)16)12(17)7-10/h3-4,7-8,17H,5-6H2,1-2H3,(H,14,18). The predicted octanol–water partition coefficient (Wildman–Crippen LogP) is 0.919. The summed E-state index contributed by atoms with van der Waals surface area (Å²) in [5.41, 5.74) is 1.05. The number of carbonyl (C=O) groups is 2. The molecule has 1 saturated heterocycles. The number of rotatable bonds is 2. The normalized spacial score (nSPS) is 19.6. The van der Waals surface area contributed by atoms with Crippen molar-refractivity contribution in [3.63, 3.8) is 0 Å². The van der Waals surface area contributed by atoms with E-state index >= 15 is 0 Å². The van der Waals surface area contributed by atoms with Crippen molar-refractivity contribution in [2.75, 3.05) is 18.0 Å². The van der Waals surface area contributed by atoms with Crippen LogP contribution in [0.5, 0.6) is 5.75 Å². The molecule has 0 radical (unpaired) electrons. The molecule has 1 fully saturated rings. The van der Waals surface area contributed by atoms with Gasteiger partial charge in [-0.2, -0.15) is 0 Å². The molecular formula is C13H16N2O3. The molecule has 0 bridgehead atoms. The third-order valence-electron chi connectivity index (χ3n) is 3.19. The third kappa shape index (κ3) is 2.16. The number of amides is 1. The number of phenols is 1. The smallest absolute Gasteiger partial charge is 0.242 e. The molecule has 0 aromatic heterocycles. The predicted molar refractivity (Wildman–Crippen MR) is 67.9 cm³/mol. The molecule has 96 valence electrons.